The Kier molecular flexibility index (Phi) is 5.36. The molecule has 0 radical (unpaired) electrons. The molecule has 1 fully saturated rings. The van der Waals surface area contributed by atoms with Gasteiger partial charge in [0, 0.05) is 31.5 Å². The van der Waals surface area contributed by atoms with Gasteiger partial charge in [0.05, 0.1) is 5.41 Å². The molecule has 1 saturated heterocycles. The van der Waals surface area contributed by atoms with Gasteiger partial charge in [0.2, 0.25) is 12.7 Å². The van der Waals surface area contributed by atoms with Crippen LogP contribution in [0.1, 0.15) is 18.4 Å². The van der Waals surface area contributed by atoms with Crippen LogP contribution in [0.5, 0.6) is 17.2 Å². The number of benzene rings is 2. The van der Waals surface area contributed by atoms with Crippen LogP contribution in [0.25, 0.3) is 0 Å². The van der Waals surface area contributed by atoms with Crippen LogP contribution in [0, 0.1) is 5.41 Å². The lowest BCUT2D eigenvalue weighted by atomic mass is 9.79. The zero-order chi connectivity index (χ0) is 19.4. The van der Waals surface area contributed by atoms with E-state index in [9.17, 15) is 4.79 Å². The second kappa shape index (κ2) is 8.08. The molecule has 2 aliphatic heterocycles. The van der Waals surface area contributed by atoms with Crippen LogP contribution < -0.4 is 25.3 Å². The molecule has 3 N–H and O–H groups in total. The van der Waals surface area contributed by atoms with Gasteiger partial charge in [-0.2, -0.15) is 0 Å². The first-order valence-corrected chi connectivity index (χ1v) is 9.39. The van der Waals surface area contributed by atoms with Crippen molar-refractivity contribution in [2.45, 2.75) is 19.4 Å². The highest BCUT2D eigenvalue weighted by atomic mass is 16.7. The molecule has 0 bridgehead atoms. The third-order valence-corrected chi connectivity index (χ3v) is 5.26. The van der Waals surface area contributed by atoms with Gasteiger partial charge in [-0.1, -0.05) is 12.1 Å². The highest BCUT2D eigenvalue weighted by Crippen LogP contribution is 2.35. The molecule has 0 saturated carbocycles. The van der Waals surface area contributed by atoms with Crippen LogP contribution in [0.15, 0.2) is 42.5 Å². The quantitative estimate of drug-likeness (QED) is 0.796. The maximum absolute atomic E-state index is 12.8. The van der Waals surface area contributed by atoms with Crippen molar-refractivity contribution in [1.29, 1.82) is 0 Å². The average Bonchev–Trinajstić information content (AvgIpc) is 3.21. The van der Waals surface area contributed by atoms with Crippen molar-refractivity contribution in [1.82, 2.24) is 0 Å². The third kappa shape index (κ3) is 3.90. The highest BCUT2D eigenvalue weighted by Gasteiger charge is 2.38. The van der Waals surface area contributed by atoms with E-state index in [0.717, 1.165) is 17.0 Å². The number of nitrogens with one attached hydrogen (secondary N) is 1. The van der Waals surface area contributed by atoms with Crippen molar-refractivity contribution < 1.29 is 23.7 Å². The summed E-state index contributed by atoms with van der Waals surface area (Å²) in [6, 6.07) is 13.1. The molecule has 4 rings (SSSR count). The van der Waals surface area contributed by atoms with Crippen molar-refractivity contribution in [2.24, 2.45) is 11.1 Å². The number of rotatable bonds is 6. The van der Waals surface area contributed by atoms with Crippen molar-refractivity contribution in [3.63, 3.8) is 0 Å². The average molecular weight is 384 g/mol. The van der Waals surface area contributed by atoms with Gasteiger partial charge in [-0.05, 0) is 42.7 Å². The minimum absolute atomic E-state index is 0.0489. The SMILES string of the molecule is NCC1(C(=O)Nc2cccc(COc3ccc4c(c3)OCO4)c2)CCOCC1. The number of hydrogen-bond acceptors (Lipinski definition) is 6. The zero-order valence-corrected chi connectivity index (χ0v) is 15.6. The molecular formula is C21H24N2O5. The summed E-state index contributed by atoms with van der Waals surface area (Å²) in [7, 11) is 0. The molecule has 7 nitrogen and oxygen atoms in total. The monoisotopic (exact) mass is 384 g/mol. The van der Waals surface area contributed by atoms with Crippen LogP contribution in [-0.4, -0.2) is 32.5 Å². The number of nitrogens with two attached hydrogens (primary N) is 1. The Hall–Kier alpha value is -2.77. The van der Waals surface area contributed by atoms with E-state index in [4.69, 9.17) is 24.7 Å². The van der Waals surface area contributed by atoms with E-state index in [1.807, 2.05) is 42.5 Å². The molecule has 1 amide bonds. The van der Waals surface area contributed by atoms with Gasteiger partial charge in [0.25, 0.3) is 0 Å². The van der Waals surface area contributed by atoms with E-state index in [1.165, 1.54) is 0 Å². The van der Waals surface area contributed by atoms with Crippen LogP contribution >= 0.6 is 0 Å². The van der Waals surface area contributed by atoms with E-state index in [1.54, 1.807) is 0 Å². The van der Waals surface area contributed by atoms with E-state index in [-0.39, 0.29) is 12.7 Å². The van der Waals surface area contributed by atoms with Gasteiger partial charge in [-0.25, -0.2) is 0 Å². The van der Waals surface area contributed by atoms with Gasteiger partial charge < -0.3 is 30.0 Å². The predicted octanol–water partition coefficient (Wildman–Crippen LogP) is 2.69. The van der Waals surface area contributed by atoms with Gasteiger partial charge in [0.1, 0.15) is 12.4 Å². The molecule has 28 heavy (non-hydrogen) atoms. The molecule has 0 aliphatic carbocycles. The Labute approximate surface area is 163 Å². The zero-order valence-electron chi connectivity index (χ0n) is 15.6. The molecule has 0 atom stereocenters. The molecule has 0 unspecified atom stereocenters. The molecule has 2 aromatic rings. The predicted molar refractivity (Wildman–Crippen MR) is 104 cm³/mol. The Morgan fingerprint density at radius 3 is 2.75 bits per heavy atom. The molecule has 2 aromatic carbocycles. The number of carbonyl (C=O) groups is 1. The lowest BCUT2D eigenvalue weighted by molar-refractivity contribution is -0.130. The standard InChI is InChI=1S/C21H24N2O5/c22-13-21(6-8-25-9-7-21)20(24)23-16-3-1-2-15(10-16)12-26-17-4-5-18-19(11-17)28-14-27-18/h1-5,10-11H,6-9,12-14,22H2,(H,23,24). The molecule has 7 heteroatoms. The van der Waals surface area contributed by atoms with E-state index >= 15 is 0 Å². The van der Waals surface area contributed by atoms with Crippen molar-refractivity contribution in [3.05, 3.63) is 48.0 Å². The Balaban J connectivity index is 1.39. The van der Waals surface area contributed by atoms with Gasteiger partial charge >= 0.3 is 0 Å². The van der Waals surface area contributed by atoms with Crippen molar-refractivity contribution >= 4 is 11.6 Å². The second-order valence-corrected chi connectivity index (χ2v) is 7.06. The van der Waals surface area contributed by atoms with Gasteiger partial charge in [-0.15, -0.1) is 0 Å². The fourth-order valence-corrected chi connectivity index (χ4v) is 3.42. The van der Waals surface area contributed by atoms with E-state index in [0.29, 0.717) is 50.7 Å². The Morgan fingerprint density at radius 1 is 1.11 bits per heavy atom. The smallest absolute Gasteiger partial charge is 0.232 e. The minimum atomic E-state index is -0.558. The molecule has 0 spiro atoms. The number of amides is 1. The first-order valence-electron chi connectivity index (χ1n) is 9.39. The number of anilines is 1. The summed E-state index contributed by atoms with van der Waals surface area (Å²) >= 11 is 0. The van der Waals surface area contributed by atoms with Crippen LogP contribution in [0.3, 0.4) is 0 Å². The van der Waals surface area contributed by atoms with Crippen molar-refractivity contribution in [2.75, 3.05) is 31.9 Å². The fourth-order valence-electron chi connectivity index (χ4n) is 3.42. The number of ether oxygens (including phenoxy) is 4. The highest BCUT2D eigenvalue weighted by molar-refractivity contribution is 5.95. The molecule has 2 aliphatic rings. The first-order chi connectivity index (χ1) is 13.7. The van der Waals surface area contributed by atoms with Crippen LogP contribution in [-0.2, 0) is 16.1 Å². The topological polar surface area (TPSA) is 92.0 Å². The summed E-state index contributed by atoms with van der Waals surface area (Å²) < 4.78 is 21.9. The fraction of sp³-hybridized carbons (Fsp3) is 0.381. The lowest BCUT2D eigenvalue weighted by Crippen LogP contribution is -2.46. The maximum atomic E-state index is 12.8. The molecule has 148 valence electrons. The third-order valence-electron chi connectivity index (χ3n) is 5.26. The van der Waals surface area contributed by atoms with E-state index in [2.05, 4.69) is 5.32 Å². The summed E-state index contributed by atoms with van der Waals surface area (Å²) in [6.45, 7) is 2.05. The summed E-state index contributed by atoms with van der Waals surface area (Å²) in [6.07, 6.45) is 1.28. The first kappa shape index (κ1) is 18.6. The summed E-state index contributed by atoms with van der Waals surface area (Å²) in [5, 5.41) is 3.01. The summed E-state index contributed by atoms with van der Waals surface area (Å²) in [4.78, 5) is 12.8. The molecule has 0 aromatic heterocycles. The minimum Gasteiger partial charge on any atom is -0.489 e. The van der Waals surface area contributed by atoms with Gasteiger partial charge in [-0.3, -0.25) is 4.79 Å². The Bertz CT molecular complexity index is 848. The largest absolute Gasteiger partial charge is 0.489 e. The van der Waals surface area contributed by atoms with Crippen molar-refractivity contribution in [3.8, 4) is 17.2 Å². The second-order valence-electron chi connectivity index (χ2n) is 7.06. The number of hydrogen-bond donors (Lipinski definition) is 2. The summed E-state index contributed by atoms with van der Waals surface area (Å²) in [5.41, 5.74) is 7.04. The molecular weight excluding hydrogens is 360 g/mol. The Morgan fingerprint density at radius 2 is 1.93 bits per heavy atom. The van der Waals surface area contributed by atoms with E-state index < -0.39 is 5.41 Å². The number of fused-ring (bicyclic) bond motifs is 1. The maximum Gasteiger partial charge on any atom is 0.232 e. The van der Waals surface area contributed by atoms with Gasteiger partial charge in [0.15, 0.2) is 11.5 Å². The number of carbonyl (C=O) groups excluding carboxylic acids is 1. The summed E-state index contributed by atoms with van der Waals surface area (Å²) in [5.74, 6) is 2.05. The van der Waals surface area contributed by atoms with Crippen LogP contribution in [0.2, 0.25) is 0 Å². The lowest BCUT2D eigenvalue weighted by Gasteiger charge is -2.34. The molecule has 2 heterocycles. The van der Waals surface area contributed by atoms with Crippen LogP contribution in [0.4, 0.5) is 5.69 Å². The normalized spacial score (nSPS) is 17.2.